The van der Waals surface area contributed by atoms with Crippen molar-refractivity contribution in [2.24, 2.45) is 5.41 Å². The number of hydrogen-bond acceptors (Lipinski definition) is 4. The van der Waals surface area contributed by atoms with Crippen LogP contribution in [-0.4, -0.2) is 28.0 Å². The van der Waals surface area contributed by atoms with Gasteiger partial charge in [0, 0.05) is 36.6 Å². The van der Waals surface area contributed by atoms with Gasteiger partial charge in [0.25, 0.3) is 5.56 Å². The lowest BCUT2D eigenvalue weighted by Gasteiger charge is -2.38. The van der Waals surface area contributed by atoms with E-state index in [0.717, 1.165) is 36.6 Å². The van der Waals surface area contributed by atoms with Crippen molar-refractivity contribution < 1.29 is 0 Å². The van der Waals surface area contributed by atoms with Gasteiger partial charge in [0.1, 0.15) is 11.6 Å². The molecule has 0 aliphatic carbocycles. The maximum Gasteiger partial charge on any atom is 0.251 e. The summed E-state index contributed by atoms with van der Waals surface area (Å²) in [6.45, 7) is 8.68. The Hall–Kier alpha value is -2.17. The van der Waals surface area contributed by atoms with E-state index in [1.165, 1.54) is 12.8 Å². The third kappa shape index (κ3) is 3.60. The van der Waals surface area contributed by atoms with Gasteiger partial charge in [-0.2, -0.15) is 0 Å². The topological polar surface area (TPSA) is 61.9 Å². The molecule has 5 nitrogen and oxygen atoms in total. The van der Waals surface area contributed by atoms with E-state index in [-0.39, 0.29) is 5.56 Å². The second-order valence-corrected chi connectivity index (χ2v) is 7.03. The minimum atomic E-state index is -0.117. The summed E-state index contributed by atoms with van der Waals surface area (Å²) in [5.41, 5.74) is 1.86. The van der Waals surface area contributed by atoms with Crippen molar-refractivity contribution in [2.75, 3.05) is 18.0 Å². The van der Waals surface area contributed by atoms with Crippen molar-refractivity contribution in [2.45, 2.75) is 40.0 Å². The lowest BCUT2D eigenvalue weighted by Crippen LogP contribution is -2.40. The molecule has 0 saturated carbocycles. The predicted octanol–water partition coefficient (Wildman–Crippen LogP) is 3.02. The molecule has 0 aromatic carbocycles. The van der Waals surface area contributed by atoms with Crippen molar-refractivity contribution in [3.05, 3.63) is 40.4 Å². The summed E-state index contributed by atoms with van der Waals surface area (Å²) in [6, 6.07) is 5.55. The molecule has 1 aliphatic rings. The lowest BCUT2D eigenvalue weighted by molar-refractivity contribution is 0.292. The summed E-state index contributed by atoms with van der Waals surface area (Å²) in [7, 11) is 0. The molecule has 0 amide bonds. The van der Waals surface area contributed by atoms with Gasteiger partial charge in [-0.15, -0.1) is 0 Å². The summed E-state index contributed by atoms with van der Waals surface area (Å²) in [6.07, 6.45) is 5.00. The number of piperidine rings is 1. The standard InChI is InChI=1S/C18H24N4O/c1-4-14-10-16(23)21-17(20-14)13-6-7-15(19-11-13)22-9-5-8-18(2,3)12-22/h6-7,10-11H,4-5,8-9,12H2,1-3H3,(H,20,21,23). The highest BCUT2D eigenvalue weighted by atomic mass is 16.1. The van der Waals surface area contributed by atoms with Crippen LogP contribution in [0, 0.1) is 5.41 Å². The van der Waals surface area contributed by atoms with Gasteiger partial charge >= 0.3 is 0 Å². The van der Waals surface area contributed by atoms with Gasteiger partial charge in [0.15, 0.2) is 0 Å². The number of H-pyrrole nitrogens is 1. The Morgan fingerprint density at radius 2 is 2.17 bits per heavy atom. The van der Waals surface area contributed by atoms with E-state index in [2.05, 4.69) is 33.7 Å². The summed E-state index contributed by atoms with van der Waals surface area (Å²) < 4.78 is 0. The Kier molecular flexibility index (Phi) is 4.20. The number of aryl methyl sites for hydroxylation is 1. The van der Waals surface area contributed by atoms with Crippen molar-refractivity contribution in [1.82, 2.24) is 15.0 Å². The van der Waals surface area contributed by atoms with Gasteiger partial charge in [-0.3, -0.25) is 4.79 Å². The van der Waals surface area contributed by atoms with E-state index in [1.807, 2.05) is 19.1 Å². The van der Waals surface area contributed by atoms with Crippen LogP contribution < -0.4 is 10.5 Å². The Bertz CT molecular complexity index is 733. The summed E-state index contributed by atoms with van der Waals surface area (Å²) >= 11 is 0. The normalized spacial score (nSPS) is 17.3. The van der Waals surface area contributed by atoms with Gasteiger partial charge in [-0.1, -0.05) is 20.8 Å². The minimum absolute atomic E-state index is 0.117. The summed E-state index contributed by atoms with van der Waals surface area (Å²) in [5, 5.41) is 0. The third-order valence-electron chi connectivity index (χ3n) is 4.40. The van der Waals surface area contributed by atoms with Crippen LogP contribution in [0.4, 0.5) is 5.82 Å². The summed E-state index contributed by atoms with van der Waals surface area (Å²) in [4.78, 5) is 25.9. The van der Waals surface area contributed by atoms with E-state index in [0.29, 0.717) is 11.2 Å². The zero-order valence-corrected chi connectivity index (χ0v) is 14.1. The van der Waals surface area contributed by atoms with E-state index in [4.69, 9.17) is 0 Å². The number of aromatic nitrogens is 3. The Morgan fingerprint density at radius 3 is 2.83 bits per heavy atom. The van der Waals surface area contributed by atoms with E-state index >= 15 is 0 Å². The Labute approximate surface area is 136 Å². The van der Waals surface area contributed by atoms with Crippen LogP contribution in [0.2, 0.25) is 0 Å². The molecule has 1 saturated heterocycles. The van der Waals surface area contributed by atoms with Gasteiger partial charge < -0.3 is 9.88 Å². The third-order valence-corrected chi connectivity index (χ3v) is 4.40. The first-order valence-electron chi connectivity index (χ1n) is 8.28. The molecule has 0 radical (unpaired) electrons. The molecule has 0 atom stereocenters. The monoisotopic (exact) mass is 312 g/mol. The first-order chi connectivity index (χ1) is 11.0. The molecule has 3 heterocycles. The zero-order valence-electron chi connectivity index (χ0n) is 14.1. The number of hydrogen-bond donors (Lipinski definition) is 1. The average Bonchev–Trinajstić information content (AvgIpc) is 2.53. The number of aromatic amines is 1. The second-order valence-electron chi connectivity index (χ2n) is 7.03. The Morgan fingerprint density at radius 1 is 1.35 bits per heavy atom. The van der Waals surface area contributed by atoms with Crippen LogP contribution in [0.15, 0.2) is 29.2 Å². The molecule has 0 spiro atoms. The van der Waals surface area contributed by atoms with E-state index < -0.39 is 0 Å². The van der Waals surface area contributed by atoms with Crippen molar-refractivity contribution >= 4 is 5.82 Å². The van der Waals surface area contributed by atoms with Crippen molar-refractivity contribution in [1.29, 1.82) is 0 Å². The van der Waals surface area contributed by atoms with Gasteiger partial charge in [-0.25, -0.2) is 9.97 Å². The fourth-order valence-corrected chi connectivity index (χ4v) is 3.16. The first kappa shape index (κ1) is 15.7. The fraction of sp³-hybridized carbons (Fsp3) is 0.500. The average molecular weight is 312 g/mol. The molecule has 1 N–H and O–H groups in total. The largest absolute Gasteiger partial charge is 0.356 e. The minimum Gasteiger partial charge on any atom is -0.356 e. The molecular formula is C18H24N4O. The molecule has 5 heteroatoms. The van der Waals surface area contributed by atoms with Crippen LogP contribution in [0.1, 0.15) is 39.3 Å². The quantitative estimate of drug-likeness (QED) is 0.946. The highest BCUT2D eigenvalue weighted by molar-refractivity contribution is 5.56. The van der Waals surface area contributed by atoms with E-state index in [9.17, 15) is 4.79 Å². The number of nitrogens with one attached hydrogen (secondary N) is 1. The van der Waals surface area contributed by atoms with Crippen molar-refractivity contribution in [3.8, 4) is 11.4 Å². The lowest BCUT2D eigenvalue weighted by atomic mass is 9.84. The van der Waals surface area contributed by atoms with Gasteiger partial charge in [0.05, 0.1) is 0 Å². The first-order valence-corrected chi connectivity index (χ1v) is 8.28. The molecule has 23 heavy (non-hydrogen) atoms. The number of anilines is 1. The van der Waals surface area contributed by atoms with E-state index in [1.54, 1.807) is 12.3 Å². The Balaban J connectivity index is 1.85. The number of pyridine rings is 1. The molecule has 2 aromatic rings. The zero-order chi connectivity index (χ0) is 16.4. The molecule has 1 aliphatic heterocycles. The molecule has 3 rings (SSSR count). The van der Waals surface area contributed by atoms with Crippen molar-refractivity contribution in [3.63, 3.8) is 0 Å². The number of rotatable bonds is 3. The maximum absolute atomic E-state index is 11.7. The van der Waals surface area contributed by atoms with Crippen LogP contribution in [-0.2, 0) is 6.42 Å². The van der Waals surface area contributed by atoms with Gasteiger partial charge in [0.2, 0.25) is 0 Å². The SMILES string of the molecule is CCc1cc(=O)[nH]c(-c2ccc(N3CCCC(C)(C)C3)nc2)n1. The molecule has 122 valence electrons. The highest BCUT2D eigenvalue weighted by Crippen LogP contribution is 2.31. The highest BCUT2D eigenvalue weighted by Gasteiger charge is 2.26. The molecule has 0 unspecified atom stereocenters. The van der Waals surface area contributed by atoms with Gasteiger partial charge in [-0.05, 0) is 36.8 Å². The maximum atomic E-state index is 11.7. The summed E-state index contributed by atoms with van der Waals surface area (Å²) in [5.74, 6) is 1.59. The van der Waals surface area contributed by atoms with Crippen LogP contribution in [0.5, 0.6) is 0 Å². The second kappa shape index (κ2) is 6.14. The molecular weight excluding hydrogens is 288 g/mol. The smallest absolute Gasteiger partial charge is 0.251 e. The van der Waals surface area contributed by atoms with Crippen LogP contribution in [0.25, 0.3) is 11.4 Å². The fourth-order valence-electron chi connectivity index (χ4n) is 3.16. The predicted molar refractivity (Wildman–Crippen MR) is 92.7 cm³/mol. The van der Waals surface area contributed by atoms with Crippen LogP contribution in [0.3, 0.4) is 0 Å². The van der Waals surface area contributed by atoms with Crippen LogP contribution >= 0.6 is 0 Å². The molecule has 2 aromatic heterocycles. The molecule has 0 bridgehead atoms. The molecule has 1 fully saturated rings. The number of nitrogens with zero attached hydrogens (tertiary/aromatic N) is 3.